The Morgan fingerprint density at radius 1 is 1.37 bits per heavy atom. The van der Waals surface area contributed by atoms with Crippen LogP contribution >= 0.6 is 31.9 Å². The van der Waals surface area contributed by atoms with Gasteiger partial charge in [-0.2, -0.15) is 0 Å². The summed E-state index contributed by atoms with van der Waals surface area (Å²) in [5.74, 6) is 0.0833. The molecule has 2 rings (SSSR count). The highest BCUT2D eigenvalue weighted by Crippen LogP contribution is 2.28. The third-order valence-corrected chi connectivity index (χ3v) is 4.70. The molecule has 0 atom stereocenters. The van der Waals surface area contributed by atoms with Gasteiger partial charge >= 0.3 is 0 Å². The van der Waals surface area contributed by atoms with Crippen molar-refractivity contribution in [1.29, 1.82) is 0 Å². The van der Waals surface area contributed by atoms with Crippen molar-refractivity contribution < 1.29 is 4.79 Å². The van der Waals surface area contributed by atoms with E-state index in [1.54, 1.807) is 0 Å². The first-order chi connectivity index (χ1) is 9.13. The van der Waals surface area contributed by atoms with E-state index in [1.807, 2.05) is 29.2 Å². The van der Waals surface area contributed by atoms with Gasteiger partial charge in [-0.15, -0.1) is 6.58 Å². The summed E-state index contributed by atoms with van der Waals surface area (Å²) in [6.45, 7) is 4.39. The number of amides is 1. The van der Waals surface area contributed by atoms with E-state index in [1.165, 1.54) is 12.8 Å². The minimum atomic E-state index is 0.0833. The van der Waals surface area contributed by atoms with Crippen LogP contribution in [0.4, 0.5) is 0 Å². The molecule has 1 aromatic carbocycles. The quantitative estimate of drug-likeness (QED) is 0.681. The van der Waals surface area contributed by atoms with Crippen LogP contribution in [0.3, 0.4) is 0 Å². The highest BCUT2D eigenvalue weighted by Gasteiger charge is 2.27. The molecule has 1 aliphatic rings. The lowest BCUT2D eigenvalue weighted by molar-refractivity contribution is 0.0705. The van der Waals surface area contributed by atoms with Crippen LogP contribution in [-0.2, 0) is 0 Å². The van der Waals surface area contributed by atoms with E-state index in [9.17, 15) is 4.79 Å². The van der Waals surface area contributed by atoms with E-state index in [4.69, 9.17) is 0 Å². The van der Waals surface area contributed by atoms with Crippen LogP contribution in [0.5, 0.6) is 0 Å². The van der Waals surface area contributed by atoms with Gasteiger partial charge in [0.1, 0.15) is 0 Å². The number of rotatable bonds is 4. The largest absolute Gasteiger partial charge is 0.332 e. The fraction of sp³-hybridized carbons (Fsp3) is 0.400. The lowest BCUT2D eigenvalue weighted by Gasteiger charge is -2.28. The third-order valence-electron chi connectivity index (χ3n) is 3.51. The molecule has 0 saturated heterocycles. The molecular formula is C15H17Br2NO. The van der Waals surface area contributed by atoms with Crippen LogP contribution < -0.4 is 0 Å². The van der Waals surface area contributed by atoms with Crippen molar-refractivity contribution in [2.45, 2.75) is 31.7 Å². The maximum Gasteiger partial charge on any atom is 0.255 e. The lowest BCUT2D eigenvalue weighted by Crippen LogP contribution is -2.39. The molecule has 1 aromatic rings. The van der Waals surface area contributed by atoms with Crippen molar-refractivity contribution in [1.82, 2.24) is 4.90 Å². The molecule has 0 aliphatic heterocycles. The molecular weight excluding hydrogens is 370 g/mol. The van der Waals surface area contributed by atoms with Crippen LogP contribution in [0.15, 0.2) is 39.8 Å². The Balaban J connectivity index is 2.27. The van der Waals surface area contributed by atoms with Gasteiger partial charge in [-0.3, -0.25) is 4.79 Å². The topological polar surface area (TPSA) is 20.3 Å². The standard InChI is InChI=1S/C15H17Br2NO/c1-2-9-18(12-5-3-4-6-12)15(19)13-10-11(16)7-8-14(13)17/h2,7-8,10,12H,1,3-6,9H2. The van der Waals surface area contributed by atoms with Crippen LogP contribution in [0.25, 0.3) is 0 Å². The molecule has 0 N–H and O–H groups in total. The predicted molar refractivity (Wildman–Crippen MR) is 85.3 cm³/mol. The van der Waals surface area contributed by atoms with Crippen LogP contribution in [0.1, 0.15) is 36.0 Å². The van der Waals surface area contributed by atoms with Gasteiger partial charge in [-0.05, 0) is 47.0 Å². The summed E-state index contributed by atoms with van der Waals surface area (Å²) in [7, 11) is 0. The van der Waals surface area contributed by atoms with Gasteiger partial charge in [-0.25, -0.2) is 0 Å². The zero-order valence-corrected chi connectivity index (χ0v) is 13.9. The Morgan fingerprint density at radius 3 is 2.68 bits per heavy atom. The zero-order chi connectivity index (χ0) is 13.8. The lowest BCUT2D eigenvalue weighted by atomic mass is 10.1. The van der Waals surface area contributed by atoms with Crippen LogP contribution in [0.2, 0.25) is 0 Å². The fourth-order valence-electron chi connectivity index (χ4n) is 2.57. The summed E-state index contributed by atoms with van der Waals surface area (Å²) in [4.78, 5) is 14.7. The van der Waals surface area contributed by atoms with Crippen molar-refractivity contribution in [3.63, 3.8) is 0 Å². The van der Waals surface area contributed by atoms with E-state index < -0.39 is 0 Å². The number of benzene rings is 1. The Labute approximate surface area is 131 Å². The molecule has 0 unspecified atom stereocenters. The molecule has 0 aromatic heterocycles. The minimum Gasteiger partial charge on any atom is -0.332 e. The second-order valence-electron chi connectivity index (χ2n) is 4.81. The van der Waals surface area contributed by atoms with E-state index >= 15 is 0 Å². The van der Waals surface area contributed by atoms with Crippen molar-refractivity contribution in [3.8, 4) is 0 Å². The van der Waals surface area contributed by atoms with Crippen LogP contribution in [-0.4, -0.2) is 23.4 Å². The van der Waals surface area contributed by atoms with Gasteiger partial charge in [0, 0.05) is 21.5 Å². The van der Waals surface area contributed by atoms with E-state index in [-0.39, 0.29) is 5.91 Å². The Kier molecular flexibility index (Phi) is 5.22. The molecule has 0 radical (unpaired) electrons. The molecule has 1 fully saturated rings. The summed E-state index contributed by atoms with van der Waals surface area (Å²) in [6, 6.07) is 6.06. The molecule has 102 valence electrons. The van der Waals surface area contributed by atoms with Crippen molar-refractivity contribution >= 4 is 37.8 Å². The normalized spacial score (nSPS) is 15.5. The second kappa shape index (κ2) is 6.71. The van der Waals surface area contributed by atoms with Crippen molar-refractivity contribution in [2.75, 3.05) is 6.54 Å². The highest BCUT2D eigenvalue weighted by atomic mass is 79.9. The van der Waals surface area contributed by atoms with Gasteiger partial charge in [-0.1, -0.05) is 34.8 Å². The number of hydrogen-bond donors (Lipinski definition) is 0. The first kappa shape index (κ1) is 14.8. The molecule has 1 saturated carbocycles. The summed E-state index contributed by atoms with van der Waals surface area (Å²) in [5, 5.41) is 0. The van der Waals surface area contributed by atoms with E-state index in [0.29, 0.717) is 18.2 Å². The summed E-state index contributed by atoms with van der Waals surface area (Å²) >= 11 is 6.89. The molecule has 0 bridgehead atoms. The Hall–Kier alpha value is -0.610. The average Bonchev–Trinajstić information content (AvgIpc) is 2.92. The maximum absolute atomic E-state index is 12.7. The molecule has 0 heterocycles. The molecule has 4 heteroatoms. The Bertz CT molecular complexity index is 481. The monoisotopic (exact) mass is 385 g/mol. The van der Waals surface area contributed by atoms with Gasteiger partial charge in [0.15, 0.2) is 0 Å². The number of carbonyl (C=O) groups excluding carboxylic acids is 1. The summed E-state index contributed by atoms with van der Waals surface area (Å²) in [5.41, 5.74) is 0.711. The van der Waals surface area contributed by atoms with E-state index in [2.05, 4.69) is 38.4 Å². The van der Waals surface area contributed by atoms with Gasteiger partial charge < -0.3 is 4.90 Å². The predicted octanol–water partition coefficient (Wildman–Crippen LogP) is 4.78. The average molecular weight is 387 g/mol. The number of nitrogens with zero attached hydrogens (tertiary/aromatic N) is 1. The fourth-order valence-corrected chi connectivity index (χ4v) is 3.35. The molecule has 0 spiro atoms. The highest BCUT2D eigenvalue weighted by molar-refractivity contribution is 9.11. The second-order valence-corrected chi connectivity index (χ2v) is 6.58. The summed E-state index contributed by atoms with van der Waals surface area (Å²) < 4.78 is 1.76. The SMILES string of the molecule is C=CCN(C(=O)c1cc(Br)ccc1Br)C1CCCC1. The van der Waals surface area contributed by atoms with Gasteiger partial charge in [0.25, 0.3) is 5.91 Å². The number of halogens is 2. The van der Waals surface area contributed by atoms with Gasteiger partial charge in [0.2, 0.25) is 0 Å². The number of hydrogen-bond acceptors (Lipinski definition) is 1. The smallest absolute Gasteiger partial charge is 0.255 e. The maximum atomic E-state index is 12.7. The van der Waals surface area contributed by atoms with Gasteiger partial charge in [0.05, 0.1) is 5.56 Å². The zero-order valence-electron chi connectivity index (χ0n) is 10.7. The summed E-state index contributed by atoms with van der Waals surface area (Å²) in [6.07, 6.45) is 6.44. The van der Waals surface area contributed by atoms with Crippen molar-refractivity contribution in [3.05, 3.63) is 45.4 Å². The van der Waals surface area contributed by atoms with Crippen LogP contribution in [0, 0.1) is 0 Å². The Morgan fingerprint density at radius 2 is 2.05 bits per heavy atom. The first-order valence-electron chi connectivity index (χ1n) is 6.50. The molecule has 1 aliphatic carbocycles. The molecule has 19 heavy (non-hydrogen) atoms. The number of carbonyl (C=O) groups is 1. The first-order valence-corrected chi connectivity index (χ1v) is 8.09. The molecule has 2 nitrogen and oxygen atoms in total. The van der Waals surface area contributed by atoms with E-state index in [0.717, 1.165) is 21.8 Å². The molecule has 1 amide bonds. The van der Waals surface area contributed by atoms with Crippen molar-refractivity contribution in [2.24, 2.45) is 0 Å². The third kappa shape index (κ3) is 3.48. The minimum absolute atomic E-state index is 0.0833.